The van der Waals surface area contributed by atoms with Crippen LogP contribution in [0.15, 0.2) is 76.8 Å². The largest absolute Gasteiger partial charge is 0.490 e. The number of nitrogens with one attached hydrogen (secondary N) is 1. The molecule has 0 fully saturated rings. The van der Waals surface area contributed by atoms with Gasteiger partial charge in [0, 0.05) is 16.8 Å². The van der Waals surface area contributed by atoms with Gasteiger partial charge in [0.05, 0.1) is 34.3 Å². The monoisotopic (exact) mass is 545 g/mol. The lowest BCUT2D eigenvalue weighted by Gasteiger charge is -2.30. The van der Waals surface area contributed by atoms with Crippen molar-refractivity contribution in [2.75, 3.05) is 11.9 Å². The fourth-order valence-electron chi connectivity index (χ4n) is 4.65. The first-order valence-electron chi connectivity index (χ1n) is 12.1. The van der Waals surface area contributed by atoms with Crippen LogP contribution in [0.1, 0.15) is 49.7 Å². The number of fused-ring (bicyclic) bond motifs is 3. The Hall–Kier alpha value is -3.58. The van der Waals surface area contributed by atoms with Crippen LogP contribution >= 0.6 is 15.9 Å². The molecule has 184 valence electrons. The Morgan fingerprint density at radius 3 is 2.56 bits per heavy atom. The molecule has 0 unspecified atom stereocenters. The highest BCUT2D eigenvalue weighted by atomic mass is 79.9. The smallest absolute Gasteiger partial charge is 0.209 e. The summed E-state index contributed by atoms with van der Waals surface area (Å²) in [4.78, 5) is 18.8. The molecule has 36 heavy (non-hydrogen) atoms. The summed E-state index contributed by atoms with van der Waals surface area (Å²) in [5, 5.41) is 3.55. The maximum absolute atomic E-state index is 14.0. The normalized spacial score (nSPS) is 15.1. The number of imidazole rings is 1. The van der Waals surface area contributed by atoms with Crippen LogP contribution < -0.4 is 14.8 Å². The van der Waals surface area contributed by atoms with Crippen LogP contribution in [0.2, 0.25) is 0 Å². The molecule has 0 saturated carbocycles. The van der Waals surface area contributed by atoms with Crippen LogP contribution in [0.4, 0.5) is 5.95 Å². The molecule has 1 atom stereocenters. The number of benzene rings is 3. The summed E-state index contributed by atoms with van der Waals surface area (Å²) in [5.74, 6) is 1.93. The molecule has 0 radical (unpaired) electrons. The van der Waals surface area contributed by atoms with Gasteiger partial charge in [0.2, 0.25) is 5.95 Å². The minimum atomic E-state index is -0.439. The average Bonchev–Trinajstić information content (AvgIpc) is 3.25. The second kappa shape index (κ2) is 9.82. The molecule has 2 heterocycles. The van der Waals surface area contributed by atoms with Crippen molar-refractivity contribution in [3.05, 3.63) is 87.9 Å². The maximum atomic E-state index is 14.0. The van der Waals surface area contributed by atoms with E-state index >= 15 is 0 Å². The standard InChI is InChI=1S/C29H28BrN3O3/c1-5-35-24-16-20(15-21(30)28(24)36-17(2)3)26-25(27(34)19-11-7-6-8-12-19)18(4)33-23-14-10-9-13-22(23)31-29(33)32-26/h6-17,26H,5H2,1-4H3,(H,31,32)/t26-/m1/s1. The van der Waals surface area contributed by atoms with Crippen molar-refractivity contribution in [2.45, 2.75) is 39.8 Å². The molecule has 0 bridgehead atoms. The Morgan fingerprint density at radius 2 is 1.83 bits per heavy atom. The number of anilines is 1. The molecule has 1 aliphatic heterocycles. The van der Waals surface area contributed by atoms with Gasteiger partial charge in [-0.05, 0) is 73.5 Å². The summed E-state index contributed by atoms with van der Waals surface area (Å²) < 4.78 is 14.8. The van der Waals surface area contributed by atoms with Crippen molar-refractivity contribution in [1.29, 1.82) is 0 Å². The van der Waals surface area contributed by atoms with Gasteiger partial charge in [-0.15, -0.1) is 0 Å². The van der Waals surface area contributed by atoms with Gasteiger partial charge < -0.3 is 14.8 Å². The van der Waals surface area contributed by atoms with E-state index in [2.05, 4.69) is 21.2 Å². The zero-order valence-electron chi connectivity index (χ0n) is 20.7. The quantitative estimate of drug-likeness (QED) is 0.247. The van der Waals surface area contributed by atoms with Gasteiger partial charge >= 0.3 is 0 Å². The maximum Gasteiger partial charge on any atom is 0.209 e. The van der Waals surface area contributed by atoms with Crippen molar-refractivity contribution in [3.63, 3.8) is 0 Å². The molecule has 6 nitrogen and oxygen atoms in total. The van der Waals surface area contributed by atoms with Crippen molar-refractivity contribution < 1.29 is 14.3 Å². The van der Waals surface area contributed by atoms with Gasteiger partial charge in [-0.2, -0.15) is 0 Å². The molecule has 7 heteroatoms. The molecule has 0 amide bonds. The van der Waals surface area contributed by atoms with E-state index in [1.807, 2.05) is 99.0 Å². The number of nitrogens with zero attached hydrogens (tertiary/aromatic N) is 2. The van der Waals surface area contributed by atoms with E-state index < -0.39 is 6.04 Å². The molecular formula is C29H28BrN3O3. The van der Waals surface area contributed by atoms with E-state index in [0.29, 0.717) is 35.2 Å². The first kappa shape index (κ1) is 24.1. The van der Waals surface area contributed by atoms with Gasteiger partial charge in [-0.25, -0.2) is 4.98 Å². The molecule has 0 spiro atoms. The van der Waals surface area contributed by atoms with E-state index in [0.717, 1.165) is 26.8 Å². The van der Waals surface area contributed by atoms with Crippen molar-refractivity contribution >= 4 is 44.4 Å². The summed E-state index contributed by atoms with van der Waals surface area (Å²) in [5.41, 5.74) is 4.82. The van der Waals surface area contributed by atoms with Gasteiger partial charge in [0.25, 0.3) is 0 Å². The van der Waals surface area contributed by atoms with E-state index in [-0.39, 0.29) is 11.9 Å². The Morgan fingerprint density at radius 1 is 1.11 bits per heavy atom. The molecule has 1 N–H and O–H groups in total. The number of ether oxygens (including phenoxy) is 2. The van der Waals surface area contributed by atoms with Crippen LogP contribution in [0, 0.1) is 0 Å². The van der Waals surface area contributed by atoms with E-state index in [1.54, 1.807) is 0 Å². The third-order valence-electron chi connectivity index (χ3n) is 6.15. The predicted molar refractivity (Wildman–Crippen MR) is 147 cm³/mol. The van der Waals surface area contributed by atoms with Crippen LogP contribution in [0.3, 0.4) is 0 Å². The molecule has 1 aliphatic rings. The highest BCUT2D eigenvalue weighted by Crippen LogP contribution is 2.44. The summed E-state index contributed by atoms with van der Waals surface area (Å²) in [6.45, 7) is 8.37. The number of aromatic nitrogens is 2. The van der Waals surface area contributed by atoms with Crippen molar-refractivity contribution in [1.82, 2.24) is 9.55 Å². The number of hydrogen-bond donors (Lipinski definition) is 1. The fraction of sp³-hybridized carbons (Fsp3) is 0.241. The second-order valence-corrected chi connectivity index (χ2v) is 9.82. The molecule has 5 rings (SSSR count). The Kier molecular flexibility index (Phi) is 6.58. The van der Waals surface area contributed by atoms with Crippen LogP contribution in [-0.2, 0) is 0 Å². The highest BCUT2D eigenvalue weighted by Gasteiger charge is 2.34. The highest BCUT2D eigenvalue weighted by molar-refractivity contribution is 9.10. The third-order valence-corrected chi connectivity index (χ3v) is 6.74. The van der Waals surface area contributed by atoms with Crippen molar-refractivity contribution in [3.8, 4) is 11.5 Å². The molecule has 0 saturated heterocycles. The van der Waals surface area contributed by atoms with E-state index in [4.69, 9.17) is 14.5 Å². The Labute approximate surface area is 219 Å². The van der Waals surface area contributed by atoms with Crippen LogP contribution in [0.5, 0.6) is 11.5 Å². The summed E-state index contributed by atoms with van der Waals surface area (Å²) in [6.07, 6.45) is -0.0172. The molecule has 1 aromatic heterocycles. The molecular weight excluding hydrogens is 518 g/mol. The SMILES string of the molecule is CCOc1cc([C@H]2Nc3nc4ccccc4n3C(C)=C2C(=O)c2ccccc2)cc(Br)c1OC(C)C. The van der Waals surface area contributed by atoms with Crippen molar-refractivity contribution in [2.24, 2.45) is 0 Å². The van der Waals surface area contributed by atoms with Gasteiger partial charge in [-0.3, -0.25) is 9.36 Å². The number of halogens is 1. The Bertz CT molecular complexity index is 1470. The average molecular weight is 546 g/mol. The molecule has 3 aromatic carbocycles. The number of ketones is 1. The Balaban J connectivity index is 1.71. The number of carbonyl (C=O) groups excluding carboxylic acids is 1. The number of para-hydroxylation sites is 2. The number of rotatable bonds is 7. The zero-order chi connectivity index (χ0) is 25.4. The first-order chi connectivity index (χ1) is 17.4. The molecule has 0 aliphatic carbocycles. The van der Waals surface area contributed by atoms with E-state index in [9.17, 15) is 4.79 Å². The number of Topliss-reactive ketones (excluding diaryl/α,β-unsaturated/α-hetero) is 1. The lowest BCUT2D eigenvalue weighted by atomic mass is 9.89. The zero-order valence-corrected chi connectivity index (χ0v) is 22.3. The summed E-state index contributed by atoms with van der Waals surface area (Å²) in [7, 11) is 0. The van der Waals surface area contributed by atoms with Gasteiger partial charge in [0.15, 0.2) is 17.3 Å². The number of allylic oxidation sites excluding steroid dienone is 1. The molecule has 4 aromatic rings. The number of hydrogen-bond acceptors (Lipinski definition) is 5. The van der Waals surface area contributed by atoms with E-state index in [1.165, 1.54) is 0 Å². The number of carbonyl (C=O) groups is 1. The summed E-state index contributed by atoms with van der Waals surface area (Å²) in [6, 6.07) is 20.8. The summed E-state index contributed by atoms with van der Waals surface area (Å²) >= 11 is 3.69. The second-order valence-electron chi connectivity index (χ2n) is 8.96. The first-order valence-corrected chi connectivity index (χ1v) is 12.9. The lowest BCUT2D eigenvalue weighted by Crippen LogP contribution is -2.27. The van der Waals surface area contributed by atoms with Gasteiger partial charge in [-0.1, -0.05) is 42.5 Å². The van der Waals surface area contributed by atoms with Gasteiger partial charge in [0.1, 0.15) is 0 Å². The minimum absolute atomic E-state index is 0.0172. The van der Waals surface area contributed by atoms with Crippen LogP contribution in [-0.4, -0.2) is 28.0 Å². The lowest BCUT2D eigenvalue weighted by molar-refractivity contribution is 0.102. The third kappa shape index (κ3) is 4.28. The fourth-order valence-corrected chi connectivity index (χ4v) is 5.20. The van der Waals surface area contributed by atoms with Crippen LogP contribution in [0.25, 0.3) is 16.7 Å². The predicted octanol–water partition coefficient (Wildman–Crippen LogP) is 7.27. The minimum Gasteiger partial charge on any atom is -0.490 e. The topological polar surface area (TPSA) is 65.4 Å².